The third-order valence-corrected chi connectivity index (χ3v) is 10.6. The van der Waals surface area contributed by atoms with Crippen molar-refractivity contribution in [2.24, 2.45) is 10.7 Å². The number of allylic oxidation sites excluding steroid dienone is 2. The maximum atomic E-state index is 14.6. The second-order valence-corrected chi connectivity index (χ2v) is 14.0. The average molecular weight is 700 g/mol. The van der Waals surface area contributed by atoms with Gasteiger partial charge in [0.2, 0.25) is 11.7 Å². The summed E-state index contributed by atoms with van der Waals surface area (Å²) in [6.07, 6.45) is 9.10. The number of aromatic hydroxyl groups is 1. The van der Waals surface area contributed by atoms with E-state index in [0.717, 1.165) is 53.5 Å². The first-order valence-corrected chi connectivity index (χ1v) is 17.8. The van der Waals surface area contributed by atoms with Crippen molar-refractivity contribution in [2.45, 2.75) is 44.3 Å². The Hall–Kier alpha value is -4.85. The molecule has 1 saturated carbocycles. The van der Waals surface area contributed by atoms with Gasteiger partial charge in [-0.3, -0.25) is 14.5 Å². The number of aliphatic imine (C=N–C) groups is 1. The van der Waals surface area contributed by atoms with Crippen LogP contribution >= 0.6 is 11.8 Å². The van der Waals surface area contributed by atoms with Crippen LogP contribution in [-0.4, -0.2) is 73.8 Å². The van der Waals surface area contributed by atoms with Crippen LogP contribution in [0.3, 0.4) is 0 Å². The Bertz CT molecular complexity index is 1940. The van der Waals surface area contributed by atoms with E-state index in [1.807, 2.05) is 48.2 Å². The van der Waals surface area contributed by atoms with Crippen molar-refractivity contribution in [1.82, 2.24) is 15.2 Å². The third-order valence-electron chi connectivity index (χ3n) is 9.66. The van der Waals surface area contributed by atoms with Crippen LogP contribution in [0.2, 0.25) is 0 Å². The smallest absolute Gasteiger partial charge is 0.273 e. The molecule has 1 atom stereocenters. The first-order chi connectivity index (χ1) is 24.2. The highest BCUT2D eigenvalue weighted by Gasteiger charge is 2.47. The largest absolute Gasteiger partial charge is 0.504 e. The lowest BCUT2D eigenvalue weighted by atomic mass is 9.88. The van der Waals surface area contributed by atoms with Crippen LogP contribution in [0.25, 0.3) is 11.1 Å². The van der Waals surface area contributed by atoms with Gasteiger partial charge in [0.25, 0.3) is 11.8 Å². The van der Waals surface area contributed by atoms with Crippen LogP contribution in [-0.2, 0) is 11.3 Å². The summed E-state index contributed by atoms with van der Waals surface area (Å²) in [6.45, 7) is 2.24. The summed E-state index contributed by atoms with van der Waals surface area (Å²) < 4.78 is 35.4. The van der Waals surface area contributed by atoms with E-state index in [0.29, 0.717) is 38.1 Å². The van der Waals surface area contributed by atoms with Crippen molar-refractivity contribution in [3.8, 4) is 28.5 Å². The molecule has 258 valence electrons. The Morgan fingerprint density at radius 3 is 2.54 bits per heavy atom. The Morgan fingerprint density at radius 2 is 1.80 bits per heavy atom. The lowest BCUT2D eigenvalue weighted by Crippen LogP contribution is -2.53. The van der Waals surface area contributed by atoms with E-state index >= 15 is 0 Å². The number of benzene rings is 2. The fourth-order valence-corrected chi connectivity index (χ4v) is 8.11. The van der Waals surface area contributed by atoms with Gasteiger partial charge in [0.1, 0.15) is 29.8 Å². The van der Waals surface area contributed by atoms with E-state index < -0.39 is 23.5 Å². The van der Waals surface area contributed by atoms with E-state index in [1.165, 1.54) is 12.3 Å². The molecule has 7 rings (SSSR count). The summed E-state index contributed by atoms with van der Waals surface area (Å²) in [6, 6.07) is 13.9. The van der Waals surface area contributed by atoms with Crippen molar-refractivity contribution in [2.75, 3.05) is 24.6 Å². The summed E-state index contributed by atoms with van der Waals surface area (Å²) in [5, 5.41) is 14.1. The number of ether oxygens (including phenoxy) is 1. The molecule has 4 heterocycles. The number of halogens is 2. The first-order valence-electron chi connectivity index (χ1n) is 16.6. The van der Waals surface area contributed by atoms with Crippen LogP contribution in [0.1, 0.15) is 41.6 Å². The Morgan fingerprint density at radius 1 is 1.04 bits per heavy atom. The number of carbonyl (C=O) groups excluding carboxylic acids is 2. The van der Waals surface area contributed by atoms with Gasteiger partial charge in [0.15, 0.2) is 23.0 Å². The van der Waals surface area contributed by atoms with Crippen molar-refractivity contribution >= 4 is 29.4 Å². The number of primary amides is 1. The number of quaternary nitrogens is 1. The second-order valence-electron chi connectivity index (χ2n) is 12.8. The minimum Gasteiger partial charge on any atom is -0.504 e. The van der Waals surface area contributed by atoms with E-state index in [-0.39, 0.29) is 45.2 Å². The standard InChI is InChI=1S/C37H36F2N6O4S/c38-24-6-13-33-43-31(35(40)47)22-45(33,21-24)27-9-7-26(8-10-27)42-36(48)29-18-25(39)19-41-37(29)49-34-30(20-44-14-16-50-17-15-44)28(11-12-32(34)46)23-4-2-1-3-5-23/h1-6,11-13,18-19,21-22,26-27H,7-10,14-17,20H2,(H3-,40,42,46,47,48)/p+1/t26-,27-,45-/m1/s1. The number of nitrogens with zero attached hydrogens (tertiary/aromatic N) is 4. The van der Waals surface area contributed by atoms with E-state index in [4.69, 9.17) is 10.5 Å². The number of phenolic OH excluding ortho intramolecular Hbond substituents is 1. The average Bonchev–Trinajstić information content (AvgIpc) is 3.52. The summed E-state index contributed by atoms with van der Waals surface area (Å²) in [5.74, 6) is 0.00577. The van der Waals surface area contributed by atoms with Crippen LogP contribution < -0.4 is 15.8 Å². The molecule has 2 aromatic carbocycles. The van der Waals surface area contributed by atoms with Crippen LogP contribution in [0.15, 0.2) is 95.8 Å². The van der Waals surface area contributed by atoms with Gasteiger partial charge in [-0.2, -0.15) is 16.8 Å². The molecular formula is C37H37F2N6O4S+. The fourth-order valence-electron chi connectivity index (χ4n) is 7.13. The number of nitrogens with two attached hydrogens (primary N) is 1. The van der Waals surface area contributed by atoms with Crippen LogP contribution in [0, 0.1) is 5.82 Å². The molecule has 1 aliphatic carbocycles. The monoisotopic (exact) mass is 699 g/mol. The van der Waals surface area contributed by atoms with Crippen molar-refractivity contribution < 1.29 is 32.7 Å². The van der Waals surface area contributed by atoms with Crippen molar-refractivity contribution in [1.29, 1.82) is 0 Å². The first kappa shape index (κ1) is 33.6. The molecule has 3 aliphatic heterocycles. The maximum absolute atomic E-state index is 14.6. The zero-order valence-electron chi connectivity index (χ0n) is 27.2. The number of fused-ring (bicyclic) bond motifs is 1. The Balaban J connectivity index is 1.12. The van der Waals surface area contributed by atoms with Gasteiger partial charge in [-0.25, -0.2) is 18.2 Å². The molecule has 10 nitrogen and oxygen atoms in total. The number of phenols is 1. The molecule has 2 fully saturated rings. The third kappa shape index (κ3) is 6.80. The van der Waals surface area contributed by atoms with Gasteiger partial charge in [0.05, 0.1) is 6.20 Å². The number of aromatic nitrogens is 1. The highest BCUT2D eigenvalue weighted by molar-refractivity contribution is 7.99. The summed E-state index contributed by atoms with van der Waals surface area (Å²) >= 11 is 1.89. The lowest BCUT2D eigenvalue weighted by molar-refractivity contribution is -0.763. The summed E-state index contributed by atoms with van der Waals surface area (Å²) in [5.41, 5.74) is 8.03. The Kier molecular flexibility index (Phi) is 9.54. The molecule has 50 heavy (non-hydrogen) atoms. The SMILES string of the molecule is NC(=O)C1=C[N@@+]2([C@H]3CC[C@H](NC(=O)c4cc(F)cnc4Oc4c(O)ccc(-c5ccccc5)c4CN4CCSCC4)CC3)C=C(F)C=CC2=N1. The molecule has 3 aromatic rings. The number of nitrogens with one attached hydrogen (secondary N) is 1. The number of hydrogen-bond acceptors (Lipinski definition) is 8. The Labute approximate surface area is 292 Å². The maximum Gasteiger partial charge on any atom is 0.273 e. The minimum atomic E-state index is -0.708. The quantitative estimate of drug-likeness (QED) is 0.237. The minimum absolute atomic E-state index is 0.0444. The summed E-state index contributed by atoms with van der Waals surface area (Å²) in [7, 11) is 0. The predicted octanol–water partition coefficient (Wildman–Crippen LogP) is 5.91. The number of amidine groups is 1. The molecule has 0 radical (unpaired) electrons. The number of pyridine rings is 1. The van der Waals surface area contributed by atoms with Crippen molar-refractivity contribution in [3.63, 3.8) is 0 Å². The normalized spacial score (nSPS) is 23.4. The topological polar surface area (TPSA) is 130 Å². The van der Waals surface area contributed by atoms with E-state index in [9.17, 15) is 23.5 Å². The van der Waals surface area contributed by atoms with Gasteiger partial charge in [-0.05, 0) is 42.2 Å². The molecule has 1 aromatic heterocycles. The molecular weight excluding hydrogens is 663 g/mol. The highest BCUT2D eigenvalue weighted by atomic mass is 32.2. The molecule has 0 unspecified atom stereocenters. The van der Waals surface area contributed by atoms with Gasteiger partial charge >= 0.3 is 0 Å². The van der Waals surface area contributed by atoms with Gasteiger partial charge < -0.3 is 20.9 Å². The second kappa shape index (κ2) is 14.2. The molecule has 13 heteroatoms. The van der Waals surface area contributed by atoms with Gasteiger partial charge in [-0.1, -0.05) is 36.4 Å². The number of amides is 2. The predicted molar refractivity (Wildman–Crippen MR) is 187 cm³/mol. The summed E-state index contributed by atoms with van der Waals surface area (Å²) in [4.78, 5) is 36.5. The highest BCUT2D eigenvalue weighted by Crippen LogP contribution is 2.42. The number of rotatable bonds is 9. The number of thioether (sulfide) groups is 1. The zero-order chi connectivity index (χ0) is 34.8. The van der Waals surface area contributed by atoms with Crippen molar-refractivity contribution in [3.05, 3.63) is 108 Å². The number of carbonyl (C=O) groups is 2. The number of hydrogen-bond donors (Lipinski definition) is 3. The zero-order valence-corrected chi connectivity index (χ0v) is 28.0. The van der Waals surface area contributed by atoms with E-state index in [2.05, 4.69) is 20.2 Å². The van der Waals surface area contributed by atoms with E-state index in [1.54, 1.807) is 18.3 Å². The fraction of sp³-hybridized carbons (Fsp3) is 0.297. The molecule has 4 N–H and O–H groups in total. The molecule has 4 aliphatic rings. The molecule has 1 saturated heterocycles. The molecule has 0 bridgehead atoms. The van der Waals surface area contributed by atoms with Gasteiger partial charge in [-0.15, -0.1) is 0 Å². The molecule has 2 amide bonds. The van der Waals surface area contributed by atoms with Crippen LogP contribution in [0.5, 0.6) is 17.4 Å². The van der Waals surface area contributed by atoms with Gasteiger partial charge in [0, 0.05) is 61.7 Å². The van der Waals surface area contributed by atoms with Crippen LogP contribution in [0.4, 0.5) is 8.78 Å². The lowest BCUT2D eigenvalue weighted by Gasteiger charge is -2.40. The molecule has 0 spiro atoms.